The monoisotopic (exact) mass is 652 g/mol. The Bertz CT molecular complexity index is 1340. The molecule has 0 spiro atoms. The van der Waals surface area contributed by atoms with E-state index in [2.05, 4.69) is 0 Å². The molecule has 4 rings (SSSR count). The highest BCUT2D eigenvalue weighted by molar-refractivity contribution is 5.87. The number of rotatable bonds is 12. The van der Waals surface area contributed by atoms with Crippen molar-refractivity contribution in [2.45, 2.75) is 74.8 Å². The summed E-state index contributed by atoms with van der Waals surface area (Å²) in [5, 5.41) is 72.1. The fraction of sp³-hybridized carbons (Fsp3) is 0.516. The summed E-state index contributed by atoms with van der Waals surface area (Å²) in [6, 6.07) is 9.10. The van der Waals surface area contributed by atoms with Gasteiger partial charge >= 0.3 is 5.97 Å². The summed E-state index contributed by atoms with van der Waals surface area (Å²) < 4.78 is 38.7. The fourth-order valence-electron chi connectivity index (χ4n) is 5.06. The zero-order valence-corrected chi connectivity index (χ0v) is 25.4. The largest absolute Gasteiger partial charge is 0.504 e. The zero-order valence-electron chi connectivity index (χ0n) is 25.4. The number of aliphatic hydroxyl groups excluding tert-OH is 5. The van der Waals surface area contributed by atoms with Crippen LogP contribution in [0.4, 0.5) is 0 Å². The van der Waals surface area contributed by atoms with Gasteiger partial charge in [0.1, 0.15) is 36.6 Å². The minimum absolute atomic E-state index is 0.00565. The van der Waals surface area contributed by atoms with Gasteiger partial charge in [0.05, 0.1) is 33.5 Å². The summed E-state index contributed by atoms with van der Waals surface area (Å²) in [5.74, 6) is -0.622. The molecule has 10 atom stereocenters. The van der Waals surface area contributed by atoms with Crippen molar-refractivity contribution in [3.05, 3.63) is 53.6 Å². The minimum Gasteiger partial charge on any atom is -0.504 e. The summed E-state index contributed by atoms with van der Waals surface area (Å²) in [7, 11) is 2.78. The van der Waals surface area contributed by atoms with Crippen LogP contribution in [-0.2, 0) is 34.9 Å². The molecule has 46 heavy (non-hydrogen) atoms. The predicted molar refractivity (Wildman–Crippen MR) is 157 cm³/mol. The normalized spacial score (nSPS) is 31.5. The first kappa shape index (κ1) is 35.3. The molecule has 0 bridgehead atoms. The maximum Gasteiger partial charge on any atom is 0.331 e. The molecule has 2 aliphatic rings. The molecule has 0 saturated carbocycles. The summed E-state index contributed by atoms with van der Waals surface area (Å²) in [6.07, 6.45) is -12.0. The summed E-state index contributed by atoms with van der Waals surface area (Å²) in [6.45, 7) is 0.733. The highest BCUT2D eigenvalue weighted by atomic mass is 16.7. The molecule has 2 aromatic carbocycles. The van der Waals surface area contributed by atoms with E-state index in [1.807, 2.05) is 0 Å². The van der Waals surface area contributed by atoms with Crippen molar-refractivity contribution in [1.82, 2.24) is 0 Å². The van der Waals surface area contributed by atoms with Crippen LogP contribution in [0.25, 0.3) is 6.08 Å². The molecule has 0 radical (unpaired) electrons. The Morgan fingerprint density at radius 2 is 1.52 bits per heavy atom. The molecule has 7 N–H and O–H groups in total. The van der Waals surface area contributed by atoms with Gasteiger partial charge in [-0.15, -0.1) is 0 Å². The number of esters is 1. The quantitative estimate of drug-likeness (QED) is 0.114. The van der Waals surface area contributed by atoms with Gasteiger partial charge < -0.3 is 68.9 Å². The molecular formula is C31H40O15. The lowest BCUT2D eigenvalue weighted by Crippen LogP contribution is -2.65. The highest BCUT2D eigenvalue weighted by Crippen LogP contribution is 2.32. The Labute approximate surface area is 264 Å². The van der Waals surface area contributed by atoms with Crippen LogP contribution >= 0.6 is 0 Å². The molecule has 0 unspecified atom stereocenters. The van der Waals surface area contributed by atoms with Crippen LogP contribution in [-0.4, -0.2) is 131 Å². The average molecular weight is 653 g/mol. The number of ether oxygens (including phenoxy) is 7. The lowest BCUT2D eigenvalue weighted by molar-refractivity contribution is -0.357. The number of phenolic OH excluding ortho intramolecular Hbond substituents is 2. The standard InChI is InChI=1S/C31H40O15/c1-15-24(36)25(37)26(38)31(43-15)46-29-27(39)30(42-11-10-17-5-8-19(34)21(13-17)41-3)44-22(14-32)28(29)45-23(35)9-6-16-4-7-18(33)20(12-16)40-2/h4-9,12-13,15,22,24-34,36-39H,10-11,14H2,1-3H3/t15-,22-,24+,25+,26+,27+,28+,29+,30-,31+/m1/s1. The second-order valence-corrected chi connectivity index (χ2v) is 10.8. The minimum atomic E-state index is -1.75. The molecular weight excluding hydrogens is 612 g/mol. The molecule has 2 saturated heterocycles. The molecule has 15 heteroatoms. The second-order valence-electron chi connectivity index (χ2n) is 10.8. The number of benzene rings is 2. The van der Waals surface area contributed by atoms with E-state index in [1.165, 1.54) is 51.5 Å². The predicted octanol–water partition coefficient (Wildman–Crippen LogP) is -0.410. The first-order valence-electron chi connectivity index (χ1n) is 14.5. The lowest BCUT2D eigenvalue weighted by atomic mass is 9.97. The molecule has 0 aliphatic carbocycles. The molecule has 0 amide bonds. The van der Waals surface area contributed by atoms with E-state index in [0.29, 0.717) is 12.0 Å². The second kappa shape index (κ2) is 15.9. The number of carbonyl (C=O) groups excluding carboxylic acids is 1. The highest BCUT2D eigenvalue weighted by Gasteiger charge is 2.52. The lowest BCUT2D eigenvalue weighted by Gasteiger charge is -2.46. The summed E-state index contributed by atoms with van der Waals surface area (Å²) in [4.78, 5) is 12.9. The number of carbonyl (C=O) groups is 1. The number of aliphatic hydroxyl groups is 5. The Morgan fingerprint density at radius 1 is 0.848 bits per heavy atom. The van der Waals surface area contributed by atoms with Crippen LogP contribution in [0.15, 0.2) is 42.5 Å². The van der Waals surface area contributed by atoms with Crippen molar-refractivity contribution in [3.8, 4) is 23.0 Å². The molecule has 2 heterocycles. The first-order chi connectivity index (χ1) is 22.0. The van der Waals surface area contributed by atoms with Gasteiger partial charge in [0.2, 0.25) is 0 Å². The van der Waals surface area contributed by atoms with Crippen molar-refractivity contribution in [2.75, 3.05) is 27.4 Å². The van der Waals surface area contributed by atoms with Crippen molar-refractivity contribution in [2.24, 2.45) is 0 Å². The van der Waals surface area contributed by atoms with Gasteiger partial charge in [-0.2, -0.15) is 0 Å². The van der Waals surface area contributed by atoms with Gasteiger partial charge in [-0.3, -0.25) is 0 Å². The van der Waals surface area contributed by atoms with Gasteiger partial charge in [0, 0.05) is 6.08 Å². The molecule has 254 valence electrons. The van der Waals surface area contributed by atoms with E-state index in [-0.39, 0.29) is 29.6 Å². The van der Waals surface area contributed by atoms with Gasteiger partial charge in [-0.05, 0) is 54.8 Å². The smallest absolute Gasteiger partial charge is 0.331 e. The van der Waals surface area contributed by atoms with E-state index in [9.17, 15) is 40.5 Å². The molecule has 2 aromatic rings. The molecule has 0 aromatic heterocycles. The first-order valence-corrected chi connectivity index (χ1v) is 14.5. The topological polar surface area (TPSA) is 223 Å². The molecule has 15 nitrogen and oxygen atoms in total. The third-order valence-electron chi connectivity index (χ3n) is 7.68. The fourth-order valence-corrected chi connectivity index (χ4v) is 5.06. The van der Waals surface area contributed by atoms with Gasteiger partial charge in [0.15, 0.2) is 41.7 Å². The Morgan fingerprint density at radius 3 is 2.20 bits per heavy atom. The maximum absolute atomic E-state index is 12.9. The van der Waals surface area contributed by atoms with Crippen molar-refractivity contribution < 1.29 is 73.7 Å². The zero-order chi connectivity index (χ0) is 33.5. The van der Waals surface area contributed by atoms with Crippen molar-refractivity contribution in [3.63, 3.8) is 0 Å². The Balaban J connectivity index is 1.52. The van der Waals surface area contributed by atoms with E-state index in [4.69, 9.17) is 33.2 Å². The van der Waals surface area contributed by atoms with E-state index < -0.39 is 74.0 Å². The molecule has 2 fully saturated rings. The third-order valence-corrected chi connectivity index (χ3v) is 7.68. The number of hydrogen-bond donors (Lipinski definition) is 7. The number of phenols is 2. The van der Waals surface area contributed by atoms with E-state index in [0.717, 1.165) is 11.6 Å². The maximum atomic E-state index is 12.9. The molecule has 2 aliphatic heterocycles. The number of aromatic hydroxyl groups is 2. The van der Waals surface area contributed by atoms with E-state index in [1.54, 1.807) is 12.1 Å². The van der Waals surface area contributed by atoms with Gasteiger partial charge in [-0.1, -0.05) is 12.1 Å². The Kier molecular flexibility index (Phi) is 12.2. The summed E-state index contributed by atoms with van der Waals surface area (Å²) >= 11 is 0. The van der Waals surface area contributed by atoms with Crippen LogP contribution < -0.4 is 9.47 Å². The Hall–Kier alpha value is -3.51. The summed E-state index contributed by atoms with van der Waals surface area (Å²) in [5.41, 5.74) is 1.22. The number of hydrogen-bond acceptors (Lipinski definition) is 15. The van der Waals surface area contributed by atoms with Crippen LogP contribution in [0.1, 0.15) is 18.1 Å². The van der Waals surface area contributed by atoms with Gasteiger partial charge in [0.25, 0.3) is 0 Å². The van der Waals surface area contributed by atoms with Crippen LogP contribution in [0.3, 0.4) is 0 Å². The van der Waals surface area contributed by atoms with Crippen LogP contribution in [0.5, 0.6) is 23.0 Å². The third kappa shape index (κ3) is 8.25. The number of methoxy groups -OCH3 is 2. The van der Waals surface area contributed by atoms with Gasteiger partial charge in [-0.25, -0.2) is 4.79 Å². The van der Waals surface area contributed by atoms with Crippen LogP contribution in [0.2, 0.25) is 0 Å². The SMILES string of the molecule is COc1cc(C=CC(=O)O[C@@H]2[C@@H](O[C@@H]3O[C@H](C)[C@H](O)[C@H](O)[C@@H]3O)[C@H](O)[C@H](OCCc3ccc(O)c(OC)c3)O[C@@H]2CO)ccc1O. The van der Waals surface area contributed by atoms with Crippen molar-refractivity contribution >= 4 is 12.0 Å². The average Bonchev–Trinajstić information content (AvgIpc) is 3.05. The van der Waals surface area contributed by atoms with E-state index >= 15 is 0 Å². The van der Waals surface area contributed by atoms with Crippen LogP contribution in [0, 0.1) is 0 Å². The van der Waals surface area contributed by atoms with Crippen molar-refractivity contribution in [1.29, 1.82) is 0 Å².